The Kier molecular flexibility index (Phi) is 6.79. The van der Waals surface area contributed by atoms with Crippen molar-refractivity contribution in [3.05, 3.63) is 58.5 Å². The molecular formula is C22H23N3O4S. The van der Waals surface area contributed by atoms with Gasteiger partial charge in [-0.25, -0.2) is 4.99 Å². The monoisotopic (exact) mass is 425 g/mol. The lowest BCUT2D eigenvalue weighted by Gasteiger charge is -2.10. The number of carbonyl (C=O) groups excluding carboxylic acids is 2. The van der Waals surface area contributed by atoms with Crippen molar-refractivity contribution in [2.24, 2.45) is 10.7 Å². The minimum absolute atomic E-state index is 0.124. The van der Waals surface area contributed by atoms with E-state index >= 15 is 0 Å². The summed E-state index contributed by atoms with van der Waals surface area (Å²) in [6.45, 7) is 1.83. The molecule has 0 radical (unpaired) electrons. The third-order valence-electron chi connectivity index (χ3n) is 4.45. The number of aliphatic imine (C=N–C) groups is 1. The van der Waals surface area contributed by atoms with Gasteiger partial charge in [0.25, 0.3) is 11.8 Å². The van der Waals surface area contributed by atoms with Gasteiger partial charge in [0.1, 0.15) is 0 Å². The number of nitrogens with two attached hydrogens (primary N) is 1. The predicted molar refractivity (Wildman–Crippen MR) is 119 cm³/mol. The van der Waals surface area contributed by atoms with Gasteiger partial charge in [-0.2, -0.15) is 0 Å². The fourth-order valence-corrected chi connectivity index (χ4v) is 3.85. The van der Waals surface area contributed by atoms with Gasteiger partial charge >= 0.3 is 0 Å². The Hall–Kier alpha value is -3.26. The first-order valence-electron chi connectivity index (χ1n) is 9.36. The molecule has 0 aliphatic carbocycles. The largest absolute Gasteiger partial charge is 0.493 e. The maximum Gasteiger partial charge on any atom is 0.266 e. The number of methoxy groups -OCH3 is 1. The summed E-state index contributed by atoms with van der Waals surface area (Å²) in [5, 5.41) is 0.625. The highest BCUT2D eigenvalue weighted by molar-refractivity contribution is 8.18. The van der Waals surface area contributed by atoms with Gasteiger partial charge < -0.3 is 15.2 Å². The Balaban J connectivity index is 1.86. The molecule has 1 aliphatic rings. The summed E-state index contributed by atoms with van der Waals surface area (Å²) in [5.41, 5.74) is 7.86. The van der Waals surface area contributed by atoms with Crippen LogP contribution in [0.15, 0.2) is 52.4 Å². The average Bonchev–Trinajstić information content (AvgIpc) is 3.00. The molecule has 1 aliphatic heterocycles. The molecule has 0 aromatic heterocycles. The summed E-state index contributed by atoms with van der Waals surface area (Å²) in [7, 11) is 3.22. The van der Waals surface area contributed by atoms with Crippen LogP contribution in [0.1, 0.15) is 18.1 Å². The maximum absolute atomic E-state index is 12.7. The first kappa shape index (κ1) is 21.4. The number of carbonyl (C=O) groups is 2. The van der Waals surface area contributed by atoms with Crippen molar-refractivity contribution in [1.82, 2.24) is 4.90 Å². The Labute approximate surface area is 179 Å². The van der Waals surface area contributed by atoms with Crippen molar-refractivity contribution in [2.75, 3.05) is 20.8 Å². The second-order valence-electron chi connectivity index (χ2n) is 6.52. The number of nitrogens with zero attached hydrogens (tertiary/aromatic N) is 2. The molecule has 0 saturated carbocycles. The zero-order valence-electron chi connectivity index (χ0n) is 17.0. The van der Waals surface area contributed by atoms with E-state index in [1.165, 1.54) is 18.9 Å². The smallest absolute Gasteiger partial charge is 0.266 e. The lowest BCUT2D eigenvalue weighted by molar-refractivity contribution is -0.121. The minimum Gasteiger partial charge on any atom is -0.493 e. The number of thioether (sulfide) groups is 1. The van der Waals surface area contributed by atoms with Gasteiger partial charge in [-0.3, -0.25) is 14.5 Å². The highest BCUT2D eigenvalue weighted by Crippen LogP contribution is 2.35. The van der Waals surface area contributed by atoms with Crippen LogP contribution in [0, 0.1) is 0 Å². The lowest BCUT2D eigenvalue weighted by atomic mass is 10.1. The number of rotatable bonds is 7. The summed E-state index contributed by atoms with van der Waals surface area (Å²) < 4.78 is 10.7. The van der Waals surface area contributed by atoms with Gasteiger partial charge in [0, 0.05) is 7.05 Å². The molecule has 0 unspecified atom stereocenters. The molecule has 1 saturated heterocycles. The van der Waals surface area contributed by atoms with E-state index in [2.05, 4.69) is 6.92 Å². The molecule has 0 spiro atoms. The standard InChI is InChI=1S/C22H23N3O4S/c1-4-15-7-5-6-8-16(15)24-22-25(2)21(27)19(30-22)12-14-9-10-17(18(11-14)28-3)29-13-20(23)26/h5-12H,4,13H2,1-3H3,(H2,23,26). The van der Waals surface area contributed by atoms with E-state index in [9.17, 15) is 9.59 Å². The van der Waals surface area contributed by atoms with E-state index in [1.807, 2.05) is 24.3 Å². The number of aryl methyl sites for hydroxylation is 1. The third kappa shape index (κ3) is 4.83. The van der Waals surface area contributed by atoms with Crippen LogP contribution in [0.5, 0.6) is 11.5 Å². The van der Waals surface area contributed by atoms with Crippen molar-refractivity contribution in [3.8, 4) is 11.5 Å². The van der Waals surface area contributed by atoms with Gasteiger partial charge in [0.15, 0.2) is 23.3 Å². The molecule has 2 N–H and O–H groups in total. The molecule has 7 nitrogen and oxygen atoms in total. The number of primary amides is 1. The molecule has 30 heavy (non-hydrogen) atoms. The molecule has 3 rings (SSSR count). The van der Waals surface area contributed by atoms with Gasteiger partial charge in [-0.05, 0) is 53.6 Å². The van der Waals surface area contributed by atoms with Gasteiger partial charge in [-0.15, -0.1) is 0 Å². The summed E-state index contributed by atoms with van der Waals surface area (Å²) in [5.74, 6) is 0.149. The topological polar surface area (TPSA) is 94.2 Å². The second-order valence-corrected chi connectivity index (χ2v) is 7.53. The molecule has 2 amide bonds. The Morgan fingerprint density at radius 1 is 1.23 bits per heavy atom. The number of likely N-dealkylation sites (N-methyl/N-ethyl adjacent to an activating group) is 1. The van der Waals surface area contributed by atoms with Crippen molar-refractivity contribution in [2.45, 2.75) is 13.3 Å². The average molecular weight is 426 g/mol. The number of amides is 2. The van der Waals surface area contributed by atoms with Crippen molar-refractivity contribution in [1.29, 1.82) is 0 Å². The number of para-hydroxylation sites is 1. The van der Waals surface area contributed by atoms with Crippen LogP contribution in [0.4, 0.5) is 5.69 Å². The van der Waals surface area contributed by atoms with Crippen LogP contribution in [0.25, 0.3) is 6.08 Å². The van der Waals surface area contributed by atoms with Crippen molar-refractivity contribution in [3.63, 3.8) is 0 Å². The van der Waals surface area contributed by atoms with Gasteiger partial charge in [0.2, 0.25) is 0 Å². The molecule has 2 aromatic rings. The quantitative estimate of drug-likeness (QED) is 0.687. The summed E-state index contributed by atoms with van der Waals surface area (Å²) in [6, 6.07) is 13.1. The first-order valence-corrected chi connectivity index (χ1v) is 10.2. The van der Waals surface area contributed by atoms with E-state index in [-0.39, 0.29) is 12.5 Å². The molecule has 2 aromatic carbocycles. The SMILES string of the molecule is CCc1ccccc1N=C1SC(=Cc2ccc(OCC(N)=O)c(OC)c2)C(=O)N1C. The van der Waals surface area contributed by atoms with Crippen LogP contribution < -0.4 is 15.2 Å². The van der Waals surface area contributed by atoms with E-state index < -0.39 is 5.91 Å². The molecule has 0 bridgehead atoms. The molecule has 1 fully saturated rings. The van der Waals surface area contributed by atoms with Gasteiger partial charge in [-0.1, -0.05) is 31.2 Å². The summed E-state index contributed by atoms with van der Waals surface area (Å²) in [4.78, 5) is 30.4. The fraction of sp³-hybridized carbons (Fsp3) is 0.227. The van der Waals surface area contributed by atoms with Crippen LogP contribution in [0.2, 0.25) is 0 Å². The van der Waals surface area contributed by atoms with Crippen molar-refractivity contribution < 1.29 is 19.1 Å². The zero-order valence-corrected chi connectivity index (χ0v) is 17.9. The third-order valence-corrected chi connectivity index (χ3v) is 5.51. The molecule has 0 atom stereocenters. The van der Waals surface area contributed by atoms with Crippen LogP contribution in [0.3, 0.4) is 0 Å². The normalized spacial score (nSPS) is 16.4. The zero-order chi connectivity index (χ0) is 21.7. The second kappa shape index (κ2) is 9.49. The molecule has 1 heterocycles. The highest BCUT2D eigenvalue weighted by atomic mass is 32.2. The molecular weight excluding hydrogens is 402 g/mol. The van der Waals surface area contributed by atoms with E-state index in [4.69, 9.17) is 20.2 Å². The van der Waals surface area contributed by atoms with Crippen LogP contribution in [-0.2, 0) is 16.0 Å². The maximum atomic E-state index is 12.7. The van der Waals surface area contributed by atoms with Gasteiger partial charge in [0.05, 0.1) is 17.7 Å². The fourth-order valence-electron chi connectivity index (χ4n) is 2.87. The number of amidine groups is 1. The Bertz CT molecular complexity index is 1030. The van der Waals surface area contributed by atoms with E-state index in [0.29, 0.717) is 21.6 Å². The summed E-state index contributed by atoms with van der Waals surface area (Å²) >= 11 is 1.32. The number of ether oxygens (including phenoxy) is 2. The molecule has 156 valence electrons. The number of hydrogen-bond donors (Lipinski definition) is 1. The Morgan fingerprint density at radius 2 is 2.00 bits per heavy atom. The lowest BCUT2D eigenvalue weighted by Crippen LogP contribution is -2.23. The number of benzene rings is 2. The predicted octanol–water partition coefficient (Wildman–Crippen LogP) is 3.36. The Morgan fingerprint density at radius 3 is 2.70 bits per heavy atom. The van der Waals surface area contributed by atoms with E-state index in [1.54, 1.807) is 36.2 Å². The highest BCUT2D eigenvalue weighted by Gasteiger charge is 2.30. The summed E-state index contributed by atoms with van der Waals surface area (Å²) in [6.07, 6.45) is 2.64. The molecule has 8 heteroatoms. The van der Waals surface area contributed by atoms with E-state index in [0.717, 1.165) is 23.2 Å². The van der Waals surface area contributed by atoms with Crippen LogP contribution >= 0.6 is 11.8 Å². The minimum atomic E-state index is -0.573. The van der Waals surface area contributed by atoms with Crippen molar-refractivity contribution >= 4 is 40.5 Å². The van der Waals surface area contributed by atoms with Crippen LogP contribution in [-0.4, -0.2) is 42.6 Å². The number of hydrogen-bond acceptors (Lipinski definition) is 6. The first-order chi connectivity index (χ1) is 14.4.